The van der Waals surface area contributed by atoms with Gasteiger partial charge in [-0.25, -0.2) is 4.98 Å². The number of carbonyl (C=O) groups is 1. The maximum atomic E-state index is 12.9. The molecule has 0 bridgehead atoms. The number of thiazole rings is 1. The summed E-state index contributed by atoms with van der Waals surface area (Å²) in [6.07, 6.45) is 9.21. The normalized spacial score (nSPS) is 14.9. The zero-order chi connectivity index (χ0) is 19.2. The van der Waals surface area contributed by atoms with Crippen LogP contribution in [0.1, 0.15) is 72.4 Å². The molecule has 1 aromatic carbocycles. The monoisotopic (exact) mass is 385 g/mol. The molecule has 27 heavy (non-hydrogen) atoms. The highest BCUT2D eigenvalue weighted by atomic mass is 32.1. The molecule has 4 nitrogen and oxygen atoms in total. The van der Waals surface area contributed by atoms with Gasteiger partial charge in [-0.05, 0) is 56.4 Å². The van der Waals surface area contributed by atoms with Crippen molar-refractivity contribution >= 4 is 22.9 Å². The summed E-state index contributed by atoms with van der Waals surface area (Å²) < 4.78 is 0. The summed E-state index contributed by atoms with van der Waals surface area (Å²) in [5.74, 6) is -0.000975. The van der Waals surface area contributed by atoms with Crippen molar-refractivity contribution in [1.82, 2.24) is 10.3 Å². The van der Waals surface area contributed by atoms with Crippen LogP contribution in [0.25, 0.3) is 0 Å². The number of rotatable bonds is 7. The Morgan fingerprint density at radius 3 is 2.67 bits per heavy atom. The van der Waals surface area contributed by atoms with Crippen LogP contribution in [0.5, 0.6) is 0 Å². The molecule has 146 valence electrons. The number of aryl methyl sites for hydroxylation is 1. The van der Waals surface area contributed by atoms with E-state index in [2.05, 4.69) is 48.1 Å². The molecule has 0 atom stereocenters. The molecule has 2 aromatic rings. The Hall–Kier alpha value is -1.88. The molecule has 0 unspecified atom stereocenters. The van der Waals surface area contributed by atoms with E-state index < -0.39 is 0 Å². The van der Waals surface area contributed by atoms with Crippen LogP contribution in [0.4, 0.5) is 5.69 Å². The molecule has 1 aliphatic rings. The van der Waals surface area contributed by atoms with E-state index in [0.29, 0.717) is 12.6 Å². The van der Waals surface area contributed by atoms with Gasteiger partial charge in [0.25, 0.3) is 5.91 Å². The van der Waals surface area contributed by atoms with E-state index in [1.807, 2.05) is 5.38 Å². The Morgan fingerprint density at radius 2 is 2.04 bits per heavy atom. The van der Waals surface area contributed by atoms with Crippen LogP contribution in [-0.4, -0.2) is 23.5 Å². The van der Waals surface area contributed by atoms with E-state index >= 15 is 0 Å². The first kappa shape index (κ1) is 19.9. The summed E-state index contributed by atoms with van der Waals surface area (Å²) in [5.41, 5.74) is 4.36. The van der Waals surface area contributed by atoms with E-state index in [-0.39, 0.29) is 5.91 Å². The highest BCUT2D eigenvalue weighted by Crippen LogP contribution is 2.32. The van der Waals surface area contributed by atoms with Crippen molar-refractivity contribution in [3.05, 3.63) is 45.4 Å². The number of anilines is 1. The highest BCUT2D eigenvalue weighted by Gasteiger charge is 2.24. The number of amides is 1. The Morgan fingerprint density at radius 1 is 1.26 bits per heavy atom. The quantitative estimate of drug-likeness (QED) is 0.721. The number of nitrogens with zero attached hydrogens (tertiary/aromatic N) is 2. The third-order valence-corrected chi connectivity index (χ3v) is 6.42. The maximum absolute atomic E-state index is 12.9. The molecule has 3 rings (SSSR count). The van der Waals surface area contributed by atoms with Crippen LogP contribution in [0.2, 0.25) is 0 Å². The summed E-state index contributed by atoms with van der Waals surface area (Å²) in [4.78, 5) is 19.7. The van der Waals surface area contributed by atoms with Gasteiger partial charge < -0.3 is 10.2 Å². The van der Waals surface area contributed by atoms with Crippen molar-refractivity contribution < 1.29 is 4.79 Å². The molecule has 1 fully saturated rings. The number of carbonyl (C=O) groups excluding carboxylic acids is 1. The molecule has 1 saturated carbocycles. The zero-order valence-corrected chi connectivity index (χ0v) is 17.6. The standard InChI is InChI=1S/C22H31N3OS/c1-4-17-13-19(22(26)24-15-21-23-11-12-27-21)16(3)20(14-17)25(5-2)18-9-7-6-8-10-18/h11-14,18H,4-10,15H2,1-3H3,(H,24,26). The summed E-state index contributed by atoms with van der Waals surface area (Å²) >= 11 is 1.57. The lowest BCUT2D eigenvalue weighted by atomic mass is 9.92. The first-order valence-electron chi connectivity index (χ1n) is 10.2. The Kier molecular flexibility index (Phi) is 6.89. The van der Waals surface area contributed by atoms with E-state index in [0.717, 1.165) is 29.1 Å². The third kappa shape index (κ3) is 4.70. The SMILES string of the molecule is CCc1cc(C(=O)NCc2nccs2)c(C)c(N(CC)C2CCCCC2)c1. The smallest absolute Gasteiger partial charge is 0.251 e. The fourth-order valence-corrected chi connectivity index (χ4v) is 4.66. The molecule has 0 aliphatic heterocycles. The molecule has 5 heteroatoms. The van der Waals surface area contributed by atoms with Gasteiger partial charge in [0.15, 0.2) is 0 Å². The second-order valence-corrected chi connectivity index (χ2v) is 8.31. The van der Waals surface area contributed by atoms with Crippen LogP contribution >= 0.6 is 11.3 Å². The molecule has 1 heterocycles. The number of aromatic nitrogens is 1. The fourth-order valence-electron chi connectivity index (χ4n) is 4.10. The summed E-state index contributed by atoms with van der Waals surface area (Å²) in [7, 11) is 0. The van der Waals surface area contributed by atoms with Gasteiger partial charge in [0.2, 0.25) is 0 Å². The average molecular weight is 386 g/mol. The minimum Gasteiger partial charge on any atom is -0.369 e. The van der Waals surface area contributed by atoms with Crippen LogP contribution in [0.3, 0.4) is 0 Å². The van der Waals surface area contributed by atoms with Crippen LogP contribution in [-0.2, 0) is 13.0 Å². The predicted molar refractivity (Wildman–Crippen MR) is 114 cm³/mol. The molecule has 1 amide bonds. The van der Waals surface area contributed by atoms with E-state index in [9.17, 15) is 4.79 Å². The number of hydrogen-bond acceptors (Lipinski definition) is 4. The number of hydrogen-bond donors (Lipinski definition) is 1. The molecular weight excluding hydrogens is 354 g/mol. The molecule has 0 saturated heterocycles. The fraction of sp³-hybridized carbons (Fsp3) is 0.545. The second-order valence-electron chi connectivity index (χ2n) is 7.33. The molecule has 0 spiro atoms. The van der Waals surface area contributed by atoms with Gasteiger partial charge in [-0.3, -0.25) is 4.79 Å². The molecule has 1 aromatic heterocycles. The van der Waals surface area contributed by atoms with E-state index in [4.69, 9.17) is 0 Å². The van der Waals surface area contributed by atoms with Crippen molar-refractivity contribution in [1.29, 1.82) is 0 Å². The Balaban J connectivity index is 1.87. The predicted octanol–water partition coefficient (Wildman–Crippen LogP) is 5.10. The van der Waals surface area contributed by atoms with E-state index in [1.54, 1.807) is 17.5 Å². The average Bonchev–Trinajstić information content (AvgIpc) is 3.22. The van der Waals surface area contributed by atoms with Gasteiger partial charge >= 0.3 is 0 Å². The summed E-state index contributed by atoms with van der Waals surface area (Å²) in [5, 5.41) is 5.92. The lowest BCUT2D eigenvalue weighted by Gasteiger charge is -2.37. The first-order valence-corrected chi connectivity index (χ1v) is 11.1. The van der Waals surface area contributed by atoms with Gasteiger partial charge in [-0.2, -0.15) is 0 Å². The number of nitrogens with one attached hydrogen (secondary N) is 1. The molecule has 0 radical (unpaired) electrons. The van der Waals surface area contributed by atoms with Gasteiger partial charge in [0.05, 0.1) is 6.54 Å². The Labute approximate surface area is 167 Å². The van der Waals surface area contributed by atoms with Crippen LogP contribution in [0.15, 0.2) is 23.7 Å². The molecular formula is C22H31N3OS. The van der Waals surface area contributed by atoms with Crippen molar-refractivity contribution in [2.45, 2.75) is 71.9 Å². The lowest BCUT2D eigenvalue weighted by Crippen LogP contribution is -2.37. The Bertz CT molecular complexity index is 751. The van der Waals surface area contributed by atoms with Crippen molar-refractivity contribution in [3.8, 4) is 0 Å². The summed E-state index contributed by atoms with van der Waals surface area (Å²) in [6.45, 7) is 7.95. The third-order valence-electron chi connectivity index (χ3n) is 5.64. The van der Waals surface area contributed by atoms with Gasteiger partial charge in [0, 0.05) is 35.4 Å². The van der Waals surface area contributed by atoms with Crippen molar-refractivity contribution in [3.63, 3.8) is 0 Å². The van der Waals surface area contributed by atoms with E-state index in [1.165, 1.54) is 43.4 Å². The second kappa shape index (κ2) is 9.36. The lowest BCUT2D eigenvalue weighted by molar-refractivity contribution is 0.0950. The van der Waals surface area contributed by atoms with Crippen molar-refractivity contribution in [2.24, 2.45) is 0 Å². The first-order chi connectivity index (χ1) is 13.1. The minimum absolute atomic E-state index is 0.000975. The van der Waals surface area contributed by atoms with Gasteiger partial charge in [-0.15, -0.1) is 11.3 Å². The summed E-state index contributed by atoms with van der Waals surface area (Å²) in [6, 6.07) is 4.95. The van der Waals surface area contributed by atoms with Gasteiger partial charge in [-0.1, -0.05) is 26.2 Å². The minimum atomic E-state index is -0.000975. The van der Waals surface area contributed by atoms with Crippen LogP contribution in [0, 0.1) is 6.92 Å². The van der Waals surface area contributed by atoms with Crippen molar-refractivity contribution in [2.75, 3.05) is 11.4 Å². The maximum Gasteiger partial charge on any atom is 0.251 e. The number of benzene rings is 1. The van der Waals surface area contributed by atoms with Gasteiger partial charge in [0.1, 0.15) is 5.01 Å². The zero-order valence-electron chi connectivity index (χ0n) is 16.8. The largest absolute Gasteiger partial charge is 0.369 e. The molecule has 1 aliphatic carbocycles. The van der Waals surface area contributed by atoms with Crippen LogP contribution < -0.4 is 10.2 Å². The molecule has 1 N–H and O–H groups in total. The topological polar surface area (TPSA) is 45.2 Å². The highest BCUT2D eigenvalue weighted by molar-refractivity contribution is 7.09.